The Morgan fingerprint density at radius 3 is 3.05 bits per heavy atom. The van der Waals surface area contributed by atoms with Crippen LogP contribution in [0.2, 0.25) is 0 Å². The minimum atomic E-state index is -0.112. The lowest BCUT2D eigenvalue weighted by Crippen LogP contribution is -2.35. The molecule has 4 nitrogen and oxygen atoms in total. The van der Waals surface area contributed by atoms with Crippen molar-refractivity contribution in [3.8, 4) is 5.75 Å². The van der Waals surface area contributed by atoms with Gasteiger partial charge in [0.05, 0.1) is 12.5 Å². The van der Waals surface area contributed by atoms with Gasteiger partial charge in [-0.3, -0.25) is 4.79 Å². The Morgan fingerprint density at radius 2 is 2.32 bits per heavy atom. The Balaban J connectivity index is 1.72. The molecule has 1 amide bonds. The van der Waals surface area contributed by atoms with Crippen LogP contribution in [-0.4, -0.2) is 37.6 Å². The van der Waals surface area contributed by atoms with Crippen molar-refractivity contribution >= 4 is 5.91 Å². The van der Waals surface area contributed by atoms with Gasteiger partial charge < -0.3 is 15.0 Å². The van der Waals surface area contributed by atoms with E-state index in [2.05, 4.69) is 5.32 Å². The molecule has 0 unspecified atom stereocenters. The maximum Gasteiger partial charge on any atom is 0.230 e. The van der Waals surface area contributed by atoms with Crippen LogP contribution in [0.25, 0.3) is 0 Å². The molecular weight excluding hydrogens is 240 g/mol. The van der Waals surface area contributed by atoms with Crippen LogP contribution < -0.4 is 10.1 Å². The first-order valence-electron chi connectivity index (χ1n) is 6.87. The molecule has 4 heteroatoms. The van der Waals surface area contributed by atoms with Crippen LogP contribution in [0, 0.1) is 5.41 Å². The van der Waals surface area contributed by atoms with Gasteiger partial charge in [0.2, 0.25) is 5.91 Å². The first-order valence-corrected chi connectivity index (χ1v) is 6.87. The standard InChI is InChI=1S/C15H20N2O2/c1-19-13-4-2-3-12(9-13)10-17-8-6-15(14(17)18)5-7-16-11-15/h2-4,9,16H,5-8,10-11H2,1H3/t15-/m1/s1. The topological polar surface area (TPSA) is 41.6 Å². The summed E-state index contributed by atoms with van der Waals surface area (Å²) in [6, 6.07) is 7.96. The van der Waals surface area contributed by atoms with Crippen molar-refractivity contribution in [1.82, 2.24) is 10.2 Å². The van der Waals surface area contributed by atoms with Crippen molar-refractivity contribution in [3.63, 3.8) is 0 Å². The van der Waals surface area contributed by atoms with Gasteiger partial charge >= 0.3 is 0 Å². The highest BCUT2D eigenvalue weighted by molar-refractivity contribution is 5.85. The minimum absolute atomic E-state index is 0.112. The molecule has 0 saturated carbocycles. The van der Waals surface area contributed by atoms with E-state index >= 15 is 0 Å². The number of benzene rings is 1. The number of rotatable bonds is 3. The zero-order valence-electron chi connectivity index (χ0n) is 11.3. The molecule has 1 N–H and O–H groups in total. The van der Waals surface area contributed by atoms with Gasteiger partial charge in [0.15, 0.2) is 0 Å². The molecule has 2 aliphatic rings. The molecule has 2 aliphatic heterocycles. The molecule has 1 atom stereocenters. The summed E-state index contributed by atoms with van der Waals surface area (Å²) in [5.74, 6) is 1.17. The van der Waals surface area contributed by atoms with E-state index in [1.54, 1.807) is 7.11 Å². The zero-order valence-corrected chi connectivity index (χ0v) is 11.3. The summed E-state index contributed by atoms with van der Waals surface area (Å²) in [7, 11) is 1.67. The fourth-order valence-electron chi connectivity index (χ4n) is 3.17. The van der Waals surface area contributed by atoms with Crippen LogP contribution in [0.3, 0.4) is 0 Å². The molecule has 0 aromatic heterocycles. The Bertz CT molecular complexity index is 481. The van der Waals surface area contributed by atoms with E-state index in [4.69, 9.17) is 4.74 Å². The fraction of sp³-hybridized carbons (Fsp3) is 0.533. The highest BCUT2D eigenvalue weighted by atomic mass is 16.5. The third-order valence-corrected chi connectivity index (χ3v) is 4.35. The lowest BCUT2D eigenvalue weighted by molar-refractivity contribution is -0.135. The third-order valence-electron chi connectivity index (χ3n) is 4.35. The third kappa shape index (κ3) is 2.21. The van der Waals surface area contributed by atoms with E-state index in [1.807, 2.05) is 29.2 Å². The quantitative estimate of drug-likeness (QED) is 0.893. The van der Waals surface area contributed by atoms with Gasteiger partial charge in [0.1, 0.15) is 5.75 Å². The summed E-state index contributed by atoms with van der Waals surface area (Å²) in [5, 5.41) is 3.32. The monoisotopic (exact) mass is 260 g/mol. The molecule has 2 fully saturated rings. The first-order chi connectivity index (χ1) is 9.23. The van der Waals surface area contributed by atoms with Gasteiger partial charge in [-0.25, -0.2) is 0 Å². The smallest absolute Gasteiger partial charge is 0.230 e. The molecular formula is C15H20N2O2. The van der Waals surface area contributed by atoms with Crippen molar-refractivity contribution in [2.45, 2.75) is 19.4 Å². The molecule has 1 spiro atoms. The summed E-state index contributed by atoms with van der Waals surface area (Å²) >= 11 is 0. The van der Waals surface area contributed by atoms with Crippen LogP contribution in [0.15, 0.2) is 24.3 Å². The molecule has 0 aliphatic carbocycles. The van der Waals surface area contributed by atoms with E-state index in [1.165, 1.54) is 0 Å². The highest BCUT2D eigenvalue weighted by Gasteiger charge is 2.47. The maximum atomic E-state index is 12.5. The van der Waals surface area contributed by atoms with Crippen LogP contribution in [0.1, 0.15) is 18.4 Å². The Kier molecular flexibility index (Phi) is 3.19. The summed E-state index contributed by atoms with van der Waals surface area (Å²) in [4.78, 5) is 14.5. The SMILES string of the molecule is COc1cccc(CN2CC[C@@]3(CCNC3)C2=O)c1. The van der Waals surface area contributed by atoms with Crippen molar-refractivity contribution in [2.75, 3.05) is 26.7 Å². The lowest BCUT2D eigenvalue weighted by Gasteiger charge is -2.22. The van der Waals surface area contributed by atoms with Crippen LogP contribution in [0.5, 0.6) is 5.75 Å². The number of carbonyl (C=O) groups is 1. The second kappa shape index (κ2) is 4.85. The van der Waals surface area contributed by atoms with Gasteiger partial charge in [-0.1, -0.05) is 12.1 Å². The molecule has 1 aromatic carbocycles. The summed E-state index contributed by atoms with van der Waals surface area (Å²) < 4.78 is 5.23. The second-order valence-electron chi connectivity index (χ2n) is 5.54. The summed E-state index contributed by atoms with van der Waals surface area (Å²) in [5.41, 5.74) is 1.02. The largest absolute Gasteiger partial charge is 0.497 e. The van der Waals surface area contributed by atoms with Crippen molar-refractivity contribution in [2.24, 2.45) is 5.41 Å². The average Bonchev–Trinajstić information content (AvgIpc) is 3.03. The van der Waals surface area contributed by atoms with Crippen molar-refractivity contribution in [3.05, 3.63) is 29.8 Å². The van der Waals surface area contributed by atoms with Gasteiger partial charge in [0, 0.05) is 19.6 Å². The van der Waals surface area contributed by atoms with E-state index in [9.17, 15) is 4.79 Å². The molecule has 0 bridgehead atoms. The van der Waals surface area contributed by atoms with E-state index in [0.717, 1.165) is 43.8 Å². The van der Waals surface area contributed by atoms with E-state index in [0.29, 0.717) is 12.5 Å². The predicted molar refractivity (Wildman–Crippen MR) is 72.9 cm³/mol. The van der Waals surface area contributed by atoms with Crippen molar-refractivity contribution < 1.29 is 9.53 Å². The molecule has 2 saturated heterocycles. The maximum absolute atomic E-state index is 12.5. The highest BCUT2D eigenvalue weighted by Crippen LogP contribution is 2.38. The number of amides is 1. The van der Waals surface area contributed by atoms with Gasteiger partial charge in [-0.15, -0.1) is 0 Å². The Morgan fingerprint density at radius 1 is 1.42 bits per heavy atom. The van der Waals surface area contributed by atoms with E-state index in [-0.39, 0.29) is 5.41 Å². The molecule has 0 radical (unpaired) electrons. The number of nitrogens with zero attached hydrogens (tertiary/aromatic N) is 1. The number of methoxy groups -OCH3 is 1. The zero-order chi connectivity index (χ0) is 13.3. The fourth-order valence-corrected chi connectivity index (χ4v) is 3.17. The van der Waals surface area contributed by atoms with Crippen molar-refractivity contribution in [1.29, 1.82) is 0 Å². The summed E-state index contributed by atoms with van der Waals surface area (Å²) in [6.07, 6.45) is 1.98. The van der Waals surface area contributed by atoms with Crippen LogP contribution >= 0.6 is 0 Å². The first kappa shape index (κ1) is 12.5. The number of nitrogens with one attached hydrogen (secondary N) is 1. The minimum Gasteiger partial charge on any atom is -0.497 e. The van der Waals surface area contributed by atoms with Gasteiger partial charge in [-0.2, -0.15) is 0 Å². The average molecular weight is 260 g/mol. The molecule has 2 heterocycles. The number of carbonyl (C=O) groups excluding carboxylic acids is 1. The second-order valence-corrected chi connectivity index (χ2v) is 5.54. The summed E-state index contributed by atoms with van der Waals surface area (Å²) in [6.45, 7) is 3.38. The Labute approximate surface area is 113 Å². The van der Waals surface area contributed by atoms with Gasteiger partial charge in [0.25, 0.3) is 0 Å². The Hall–Kier alpha value is -1.55. The number of hydrogen-bond donors (Lipinski definition) is 1. The predicted octanol–water partition coefficient (Wildman–Crippen LogP) is 1.41. The molecule has 3 rings (SSSR count). The number of ether oxygens (including phenoxy) is 1. The van der Waals surface area contributed by atoms with Crippen LogP contribution in [-0.2, 0) is 11.3 Å². The molecule has 19 heavy (non-hydrogen) atoms. The molecule has 1 aromatic rings. The van der Waals surface area contributed by atoms with E-state index < -0.39 is 0 Å². The lowest BCUT2D eigenvalue weighted by atomic mass is 9.86. The molecule has 102 valence electrons. The number of likely N-dealkylation sites (tertiary alicyclic amines) is 1. The normalized spacial score (nSPS) is 26.4. The van der Waals surface area contributed by atoms with Gasteiger partial charge in [-0.05, 0) is 37.1 Å². The number of hydrogen-bond acceptors (Lipinski definition) is 3. The van der Waals surface area contributed by atoms with Crippen LogP contribution in [0.4, 0.5) is 0 Å².